The number of halogens is 1. The van der Waals surface area contributed by atoms with Crippen LogP contribution in [0.15, 0.2) is 52.2 Å². The lowest BCUT2D eigenvalue weighted by molar-refractivity contribution is -0.144. The van der Waals surface area contributed by atoms with Crippen LogP contribution in [0.1, 0.15) is 27.0 Å². The highest BCUT2D eigenvalue weighted by Gasteiger charge is 2.55. The van der Waals surface area contributed by atoms with E-state index in [1.54, 1.807) is 25.1 Å². The molecular weight excluding hydrogens is 488 g/mol. The van der Waals surface area contributed by atoms with Crippen molar-refractivity contribution in [3.05, 3.63) is 63.4 Å². The third kappa shape index (κ3) is 6.24. The molecule has 0 spiro atoms. The van der Waals surface area contributed by atoms with Gasteiger partial charge in [0.25, 0.3) is 5.56 Å². The monoisotopic (exact) mass is 515 g/mol. The van der Waals surface area contributed by atoms with Gasteiger partial charge < -0.3 is 19.1 Å². The summed E-state index contributed by atoms with van der Waals surface area (Å²) >= 11 is 0. The van der Waals surface area contributed by atoms with Crippen LogP contribution < -0.4 is 20.9 Å². The quantitative estimate of drug-likeness (QED) is 0.311. The number of hydrogen-bond donors (Lipinski definition) is 3. The summed E-state index contributed by atoms with van der Waals surface area (Å²) in [6.07, 6.45) is -3.78. The molecule has 1 aliphatic heterocycles. The molecule has 1 aromatic heterocycles. The predicted octanol–water partition coefficient (Wildman–Crippen LogP) is 1.27. The molecule has 2 aromatic rings. The maximum absolute atomic E-state index is 15.4. The number of ether oxygens (including phenoxy) is 2. The number of H-pyrrole nitrogens is 1. The van der Waals surface area contributed by atoms with Gasteiger partial charge >= 0.3 is 19.4 Å². The van der Waals surface area contributed by atoms with E-state index in [1.807, 2.05) is 4.98 Å². The molecular formula is C21H27FN3O9P. The van der Waals surface area contributed by atoms with E-state index in [0.29, 0.717) is 0 Å². The van der Waals surface area contributed by atoms with Crippen molar-refractivity contribution in [2.45, 2.75) is 50.9 Å². The molecule has 0 radical (unpaired) electrons. The Kier molecular flexibility index (Phi) is 8.29. The highest BCUT2D eigenvalue weighted by atomic mass is 31.2. The summed E-state index contributed by atoms with van der Waals surface area (Å²) in [5.74, 6) is -0.556. The van der Waals surface area contributed by atoms with Crippen LogP contribution in [0.2, 0.25) is 0 Å². The van der Waals surface area contributed by atoms with Crippen molar-refractivity contribution in [3.63, 3.8) is 0 Å². The predicted molar refractivity (Wildman–Crippen MR) is 121 cm³/mol. The summed E-state index contributed by atoms with van der Waals surface area (Å²) in [6.45, 7) is 3.47. The summed E-state index contributed by atoms with van der Waals surface area (Å²) in [5.41, 5.74) is -4.11. The number of alkyl halides is 1. The van der Waals surface area contributed by atoms with E-state index in [0.717, 1.165) is 23.8 Å². The first-order valence-electron chi connectivity index (χ1n) is 10.7. The minimum atomic E-state index is -4.28. The summed E-state index contributed by atoms with van der Waals surface area (Å²) in [5, 5.41) is 13.0. The summed E-state index contributed by atoms with van der Waals surface area (Å²) < 4.78 is 51.0. The standard InChI is InChI=1S/C21H27FN3O9P/c1-4-31-18(28)13(2)24-35(30,34-14-8-6-5-7-9-14)32-12-15-17(27)21(3,22)19(33-15)25-11-10-16(26)23-20(25)29/h5-11,13,15,17,19,27H,4,12H2,1-3H3,(H,24,30)(H,23,26,29). The molecule has 3 N–H and O–H groups in total. The molecule has 0 amide bonds. The average Bonchev–Trinajstić information content (AvgIpc) is 3.02. The Bertz CT molecular complexity index is 1190. The molecule has 1 saturated heterocycles. The molecule has 35 heavy (non-hydrogen) atoms. The van der Waals surface area contributed by atoms with E-state index in [-0.39, 0.29) is 12.4 Å². The zero-order chi connectivity index (χ0) is 25.8. The number of aromatic nitrogens is 2. The fourth-order valence-electron chi connectivity index (χ4n) is 3.40. The highest BCUT2D eigenvalue weighted by molar-refractivity contribution is 7.52. The smallest absolute Gasteiger partial charge is 0.459 e. The Morgan fingerprint density at radius 3 is 2.66 bits per heavy atom. The summed E-state index contributed by atoms with van der Waals surface area (Å²) in [4.78, 5) is 37.5. The largest absolute Gasteiger partial charge is 0.465 e. The second-order valence-corrected chi connectivity index (χ2v) is 9.63. The van der Waals surface area contributed by atoms with Crippen LogP contribution in [-0.2, 0) is 23.4 Å². The average molecular weight is 515 g/mol. The number of carbonyl (C=O) groups is 1. The van der Waals surface area contributed by atoms with E-state index < -0.39 is 61.7 Å². The molecule has 192 valence electrons. The van der Waals surface area contributed by atoms with Gasteiger partial charge in [-0.3, -0.25) is 23.7 Å². The fraction of sp³-hybridized carbons (Fsp3) is 0.476. The van der Waals surface area contributed by atoms with Crippen molar-refractivity contribution in [2.24, 2.45) is 0 Å². The Morgan fingerprint density at radius 1 is 1.34 bits per heavy atom. The number of aliphatic hydroxyl groups excluding tert-OH is 1. The molecule has 2 heterocycles. The normalized spacial score (nSPS) is 26.6. The van der Waals surface area contributed by atoms with E-state index in [4.69, 9.17) is 18.5 Å². The van der Waals surface area contributed by atoms with E-state index >= 15 is 4.39 Å². The Labute approximate surface area is 199 Å². The number of esters is 1. The number of hydrogen-bond acceptors (Lipinski definition) is 9. The van der Waals surface area contributed by atoms with Crippen LogP contribution in [-0.4, -0.2) is 57.8 Å². The van der Waals surface area contributed by atoms with Crippen LogP contribution in [0.3, 0.4) is 0 Å². The lowest BCUT2D eigenvalue weighted by Gasteiger charge is -2.25. The molecule has 3 rings (SSSR count). The second-order valence-electron chi connectivity index (χ2n) is 7.94. The molecule has 1 aromatic carbocycles. The maximum atomic E-state index is 15.4. The molecule has 6 atom stereocenters. The number of nitrogens with zero attached hydrogens (tertiary/aromatic N) is 1. The summed E-state index contributed by atoms with van der Waals surface area (Å²) in [7, 11) is -4.28. The van der Waals surface area contributed by atoms with Crippen LogP contribution in [0.25, 0.3) is 0 Å². The molecule has 1 fully saturated rings. The Hall–Kier alpha value is -2.83. The van der Waals surface area contributed by atoms with Crippen molar-refractivity contribution in [1.82, 2.24) is 14.6 Å². The summed E-state index contributed by atoms with van der Waals surface area (Å²) in [6, 6.07) is 7.86. The maximum Gasteiger partial charge on any atom is 0.459 e. The number of aromatic amines is 1. The van der Waals surface area contributed by atoms with E-state index in [2.05, 4.69) is 5.09 Å². The first kappa shape index (κ1) is 26.8. The van der Waals surface area contributed by atoms with Gasteiger partial charge in [0.05, 0.1) is 13.2 Å². The van der Waals surface area contributed by atoms with Gasteiger partial charge in [-0.2, -0.15) is 5.09 Å². The first-order chi connectivity index (χ1) is 16.5. The molecule has 0 saturated carbocycles. The molecule has 12 nitrogen and oxygen atoms in total. The van der Waals surface area contributed by atoms with Crippen molar-refractivity contribution in [3.8, 4) is 5.75 Å². The molecule has 0 bridgehead atoms. The number of carbonyl (C=O) groups excluding carboxylic acids is 1. The van der Waals surface area contributed by atoms with Gasteiger partial charge in [-0.15, -0.1) is 0 Å². The van der Waals surface area contributed by atoms with Crippen molar-refractivity contribution < 1.29 is 37.4 Å². The lowest BCUT2D eigenvalue weighted by Crippen LogP contribution is -2.43. The minimum Gasteiger partial charge on any atom is -0.465 e. The molecule has 1 aliphatic rings. The van der Waals surface area contributed by atoms with Gasteiger partial charge in [-0.05, 0) is 32.9 Å². The number of aliphatic hydroxyl groups is 1. The minimum absolute atomic E-state index is 0.0955. The van der Waals surface area contributed by atoms with Crippen molar-refractivity contribution in [2.75, 3.05) is 13.2 Å². The van der Waals surface area contributed by atoms with Gasteiger partial charge in [-0.25, -0.2) is 13.8 Å². The Balaban J connectivity index is 1.80. The topological polar surface area (TPSA) is 158 Å². The van der Waals surface area contributed by atoms with Gasteiger partial charge in [-0.1, -0.05) is 18.2 Å². The second kappa shape index (κ2) is 10.8. The molecule has 6 unspecified atom stereocenters. The first-order valence-corrected chi connectivity index (χ1v) is 12.3. The van der Waals surface area contributed by atoms with Gasteiger partial charge in [0, 0.05) is 12.3 Å². The Morgan fingerprint density at radius 2 is 2.03 bits per heavy atom. The molecule has 0 aliphatic carbocycles. The molecule has 14 heteroatoms. The van der Waals surface area contributed by atoms with Crippen LogP contribution >= 0.6 is 7.75 Å². The van der Waals surface area contributed by atoms with E-state index in [9.17, 15) is 24.1 Å². The van der Waals surface area contributed by atoms with Gasteiger partial charge in [0.2, 0.25) is 0 Å². The van der Waals surface area contributed by atoms with Crippen LogP contribution in [0.5, 0.6) is 5.75 Å². The number of nitrogens with one attached hydrogen (secondary N) is 2. The zero-order valence-electron chi connectivity index (χ0n) is 19.3. The van der Waals surface area contributed by atoms with Crippen molar-refractivity contribution in [1.29, 1.82) is 0 Å². The van der Waals surface area contributed by atoms with Crippen molar-refractivity contribution >= 4 is 13.7 Å². The van der Waals surface area contributed by atoms with Crippen LogP contribution in [0, 0.1) is 0 Å². The van der Waals surface area contributed by atoms with Gasteiger partial charge in [0.1, 0.15) is 24.0 Å². The third-order valence-electron chi connectivity index (χ3n) is 5.19. The van der Waals surface area contributed by atoms with E-state index in [1.165, 1.54) is 19.1 Å². The number of para-hydroxylation sites is 1. The number of rotatable bonds is 10. The fourth-order valence-corrected chi connectivity index (χ4v) is 4.90. The zero-order valence-corrected chi connectivity index (χ0v) is 20.1. The number of benzene rings is 1. The van der Waals surface area contributed by atoms with Gasteiger partial charge in [0.15, 0.2) is 11.9 Å². The third-order valence-corrected chi connectivity index (χ3v) is 6.83. The van der Waals surface area contributed by atoms with Crippen LogP contribution in [0.4, 0.5) is 4.39 Å². The lowest BCUT2D eigenvalue weighted by atomic mass is 9.98. The highest BCUT2D eigenvalue weighted by Crippen LogP contribution is 2.47. The SMILES string of the molecule is CCOC(=O)C(C)NP(=O)(OCC1OC(n2ccc(=O)[nH]c2=O)C(C)(F)C1O)Oc1ccccc1.